The Bertz CT molecular complexity index is 1700. The molecule has 0 aromatic carbocycles. The molecule has 8 heteroatoms. The van der Waals surface area contributed by atoms with Gasteiger partial charge in [0.15, 0.2) is 5.78 Å². The van der Waals surface area contributed by atoms with Crippen LogP contribution in [0.1, 0.15) is 128 Å². The second kappa shape index (κ2) is 18.9. The van der Waals surface area contributed by atoms with Gasteiger partial charge in [0.2, 0.25) is 0 Å². The van der Waals surface area contributed by atoms with Gasteiger partial charge in [-0.25, -0.2) is 4.79 Å². The van der Waals surface area contributed by atoms with Crippen LogP contribution in [0.15, 0.2) is 100 Å². The lowest BCUT2D eigenvalue weighted by Crippen LogP contribution is -2.48. The number of hydrogen-bond donors (Lipinski definition) is 2. The molecule has 1 heterocycles. The number of ketones is 1. The Kier molecular flexibility index (Phi) is 15.7. The molecule has 3 fully saturated rings. The number of aliphatic hydroxyl groups is 2. The van der Waals surface area contributed by atoms with Gasteiger partial charge in [-0.15, -0.1) is 5.73 Å². The molecule has 0 aromatic heterocycles. The molecule has 0 radical (unpaired) electrons. The molecule has 3 rings (SSSR count). The number of unbranched alkanes of at least 4 members (excludes halogenated alkanes) is 2. The molecule has 3 aliphatic rings. The number of allylic oxidation sites excluding steroid dienone is 13. The maximum Gasteiger partial charge on any atom is 0.338 e. The fraction of sp³-hybridized carbons (Fsp3) is 0.574. The average molecular weight is 759 g/mol. The summed E-state index contributed by atoms with van der Waals surface area (Å²) < 4.78 is 17.2. The fourth-order valence-electron chi connectivity index (χ4n) is 8.40. The number of esters is 2. The van der Waals surface area contributed by atoms with Crippen molar-refractivity contribution in [2.75, 3.05) is 6.61 Å². The van der Waals surface area contributed by atoms with Crippen LogP contribution >= 0.6 is 0 Å². The van der Waals surface area contributed by atoms with E-state index in [1.165, 1.54) is 6.92 Å². The van der Waals surface area contributed by atoms with Gasteiger partial charge in [0.05, 0.1) is 29.5 Å². The lowest BCUT2D eigenvalue weighted by Gasteiger charge is -2.44. The molecule has 0 bridgehead atoms. The minimum Gasteiger partial charge on any atom is -0.462 e. The molecule has 302 valence electrons. The summed E-state index contributed by atoms with van der Waals surface area (Å²) in [6, 6.07) is 0. The van der Waals surface area contributed by atoms with Crippen LogP contribution < -0.4 is 0 Å². The quantitative estimate of drug-likeness (QED) is 0.0399. The number of rotatable bonds is 16. The molecule has 5 unspecified atom stereocenters. The van der Waals surface area contributed by atoms with Gasteiger partial charge in [0.1, 0.15) is 11.7 Å². The third-order valence-electron chi connectivity index (χ3n) is 11.2. The van der Waals surface area contributed by atoms with Crippen LogP contribution in [0.4, 0.5) is 0 Å². The molecule has 2 N–H and O–H groups in total. The van der Waals surface area contributed by atoms with Crippen molar-refractivity contribution in [3.63, 3.8) is 0 Å². The number of ether oxygens (including phenoxy) is 3. The van der Waals surface area contributed by atoms with Gasteiger partial charge in [-0.2, -0.15) is 0 Å². The Hall–Kier alpha value is -3.81. The summed E-state index contributed by atoms with van der Waals surface area (Å²) in [5, 5.41) is 21.7. The summed E-state index contributed by atoms with van der Waals surface area (Å²) in [6.07, 6.45) is 24.7. The molecule has 0 amide bonds. The highest BCUT2D eigenvalue weighted by molar-refractivity contribution is 5.96. The third-order valence-corrected chi connectivity index (χ3v) is 11.2. The first-order valence-corrected chi connectivity index (χ1v) is 19.8. The summed E-state index contributed by atoms with van der Waals surface area (Å²) in [5.41, 5.74) is 3.75. The van der Waals surface area contributed by atoms with E-state index in [-0.39, 0.29) is 23.6 Å². The van der Waals surface area contributed by atoms with Crippen molar-refractivity contribution in [3.05, 3.63) is 100 Å². The summed E-state index contributed by atoms with van der Waals surface area (Å²) in [5.74, 6) is -0.780. The number of fused-ring (bicyclic) bond motifs is 1. The maximum absolute atomic E-state index is 13.2. The van der Waals surface area contributed by atoms with Gasteiger partial charge in [-0.3, -0.25) is 9.59 Å². The first-order valence-electron chi connectivity index (χ1n) is 19.8. The lowest BCUT2D eigenvalue weighted by molar-refractivity contribution is -0.152. The topological polar surface area (TPSA) is 123 Å². The molecule has 55 heavy (non-hydrogen) atoms. The van der Waals surface area contributed by atoms with Crippen LogP contribution in [-0.2, 0) is 28.6 Å². The molecular weight excluding hydrogens is 693 g/mol. The predicted molar refractivity (Wildman–Crippen MR) is 219 cm³/mol. The van der Waals surface area contributed by atoms with E-state index in [0.717, 1.165) is 30.4 Å². The smallest absolute Gasteiger partial charge is 0.338 e. The second-order valence-corrected chi connectivity index (χ2v) is 17.4. The van der Waals surface area contributed by atoms with Crippen molar-refractivity contribution >= 4 is 17.7 Å². The van der Waals surface area contributed by atoms with Crippen molar-refractivity contribution in [2.45, 2.75) is 157 Å². The normalized spacial score (nSPS) is 29.7. The molecule has 2 aliphatic carbocycles. The highest BCUT2D eigenvalue weighted by Crippen LogP contribution is 2.67. The Balaban J connectivity index is 1.68. The lowest BCUT2D eigenvalue weighted by atomic mass is 9.61. The van der Waals surface area contributed by atoms with E-state index in [4.69, 9.17) is 14.2 Å². The Morgan fingerprint density at radius 2 is 1.45 bits per heavy atom. The van der Waals surface area contributed by atoms with Gasteiger partial charge < -0.3 is 24.4 Å². The molecule has 1 aliphatic heterocycles. The number of carbonyl (C=O) groups is 3. The minimum absolute atomic E-state index is 0.0592. The summed E-state index contributed by atoms with van der Waals surface area (Å²) >= 11 is 0. The van der Waals surface area contributed by atoms with Crippen LogP contribution in [0.5, 0.6) is 0 Å². The van der Waals surface area contributed by atoms with Crippen molar-refractivity contribution < 1.29 is 38.8 Å². The molecule has 0 spiro atoms. The molecule has 1 saturated heterocycles. The van der Waals surface area contributed by atoms with E-state index in [9.17, 15) is 24.6 Å². The molecule has 2 saturated carbocycles. The molecule has 5 atom stereocenters. The van der Waals surface area contributed by atoms with E-state index in [2.05, 4.69) is 26.5 Å². The number of hydrogen-bond acceptors (Lipinski definition) is 8. The Labute approximate surface area is 330 Å². The van der Waals surface area contributed by atoms with Crippen molar-refractivity contribution in [2.24, 2.45) is 10.8 Å². The first-order chi connectivity index (χ1) is 25.6. The van der Waals surface area contributed by atoms with Crippen LogP contribution in [0.25, 0.3) is 0 Å². The minimum atomic E-state index is -1.28. The van der Waals surface area contributed by atoms with Crippen LogP contribution in [0, 0.1) is 10.8 Å². The van der Waals surface area contributed by atoms with Crippen LogP contribution in [0.2, 0.25) is 0 Å². The summed E-state index contributed by atoms with van der Waals surface area (Å²) in [7, 11) is 0. The van der Waals surface area contributed by atoms with Gasteiger partial charge in [0.25, 0.3) is 0 Å². The third kappa shape index (κ3) is 12.3. The van der Waals surface area contributed by atoms with Gasteiger partial charge in [-0.1, -0.05) is 113 Å². The maximum atomic E-state index is 13.2. The Morgan fingerprint density at radius 3 is 2.02 bits per heavy atom. The van der Waals surface area contributed by atoms with E-state index >= 15 is 0 Å². The monoisotopic (exact) mass is 758 g/mol. The largest absolute Gasteiger partial charge is 0.462 e. The van der Waals surface area contributed by atoms with E-state index in [1.54, 1.807) is 25.2 Å². The van der Waals surface area contributed by atoms with Crippen molar-refractivity contribution in [1.29, 1.82) is 0 Å². The number of epoxide rings is 1. The zero-order chi connectivity index (χ0) is 41.2. The van der Waals surface area contributed by atoms with E-state index in [1.807, 2.05) is 90.2 Å². The van der Waals surface area contributed by atoms with E-state index in [0.29, 0.717) is 49.0 Å². The number of carbonyl (C=O) groups excluding carboxylic acids is 3. The van der Waals surface area contributed by atoms with Gasteiger partial charge >= 0.3 is 11.9 Å². The number of Topliss-reactive ketones (excluding diaryl/α,β-unsaturated/α-hetero) is 1. The second-order valence-electron chi connectivity index (χ2n) is 17.4. The van der Waals surface area contributed by atoms with Crippen molar-refractivity contribution in [3.8, 4) is 0 Å². The van der Waals surface area contributed by atoms with Crippen molar-refractivity contribution in [1.82, 2.24) is 0 Å². The first kappa shape index (κ1) is 45.6. The highest BCUT2D eigenvalue weighted by atomic mass is 16.6. The van der Waals surface area contributed by atoms with Gasteiger partial charge in [-0.05, 0) is 82.4 Å². The highest BCUT2D eigenvalue weighted by Gasteiger charge is 2.76. The number of aliphatic hydroxyl groups excluding tert-OH is 1. The molecular formula is C47H66O8. The Morgan fingerprint density at radius 1 is 0.836 bits per heavy atom. The zero-order valence-corrected chi connectivity index (χ0v) is 35.2. The fourth-order valence-corrected chi connectivity index (χ4v) is 8.40. The molecule has 8 nitrogen and oxygen atoms in total. The summed E-state index contributed by atoms with van der Waals surface area (Å²) in [4.78, 5) is 37.9. The van der Waals surface area contributed by atoms with Crippen LogP contribution in [-0.4, -0.2) is 63.6 Å². The van der Waals surface area contributed by atoms with Crippen LogP contribution in [0.3, 0.4) is 0 Å². The SMILES string of the molecule is CCCCCOC(=O)C(C=C=C1C(C)(C)CC(OC(C)=O)CC1(C)O)=CC=CC(C)=CC=CC=C(C)C=CC=C(C)C(=O)CC12OC1(C)CC(O)CC2(C)C. The summed E-state index contributed by atoms with van der Waals surface area (Å²) in [6.45, 7) is 21.4. The zero-order valence-electron chi connectivity index (χ0n) is 35.2. The standard InChI is InChI=1S/C47H66O8/c1-12-13-16-27-53-42(51)37(25-26-41-43(6,7)30-39(54-36(5)48)31-45(41,10)52)24-18-22-34(3)20-15-14-19-33(2)21-17-23-35(4)40(50)32-47-44(8,9)28-38(49)29-46(47,11)55-47/h14-15,17-25,38-39,49,52H,12-13,16,27-32H2,1-11H3. The van der Waals surface area contributed by atoms with E-state index < -0.39 is 40.4 Å². The predicted octanol–water partition coefficient (Wildman–Crippen LogP) is 9.41. The molecule has 0 aromatic rings. The average Bonchev–Trinajstić information content (AvgIpc) is 3.66. The van der Waals surface area contributed by atoms with Gasteiger partial charge in [0, 0.05) is 31.8 Å².